The molecule has 0 radical (unpaired) electrons. The van der Waals surface area contributed by atoms with Gasteiger partial charge in [-0.15, -0.1) is 5.10 Å². The minimum Gasteiger partial charge on any atom is -0.353 e. The zero-order valence-electron chi connectivity index (χ0n) is 16.8. The Morgan fingerprint density at radius 1 is 0.897 bits per heavy atom. The average Bonchev–Trinajstić information content (AvgIpc) is 2.78. The molecule has 5 rings (SSSR count). The molecule has 0 saturated carbocycles. The number of hydrogen-bond donors (Lipinski definition) is 0. The predicted molar refractivity (Wildman–Crippen MR) is 116 cm³/mol. The van der Waals surface area contributed by atoms with Gasteiger partial charge in [-0.2, -0.15) is 22.0 Å². The molecule has 8 heteroatoms. The fourth-order valence-electron chi connectivity index (χ4n) is 4.48. The molecule has 29 heavy (non-hydrogen) atoms. The van der Waals surface area contributed by atoms with Gasteiger partial charge in [0.1, 0.15) is 0 Å². The third-order valence-corrected chi connectivity index (χ3v) is 7.29. The maximum atomic E-state index is 12.4. The molecule has 3 aliphatic rings. The predicted octanol–water partition coefficient (Wildman–Crippen LogP) is 1.52. The van der Waals surface area contributed by atoms with Gasteiger partial charge in [0.15, 0.2) is 5.82 Å². The molecule has 2 aromatic heterocycles. The van der Waals surface area contributed by atoms with Crippen molar-refractivity contribution in [2.24, 2.45) is 0 Å². The molecule has 4 heterocycles. The van der Waals surface area contributed by atoms with Crippen LogP contribution in [0.1, 0.15) is 35.4 Å². The Morgan fingerprint density at radius 3 is 2.66 bits per heavy atom. The summed E-state index contributed by atoms with van der Waals surface area (Å²) in [6, 6.07) is 4.05. The Morgan fingerprint density at radius 2 is 1.76 bits per heavy atom. The van der Waals surface area contributed by atoms with E-state index in [9.17, 15) is 4.79 Å². The lowest BCUT2D eigenvalue weighted by atomic mass is 9.97. The molecule has 0 atom stereocenters. The number of anilines is 1. The van der Waals surface area contributed by atoms with Gasteiger partial charge in [0.05, 0.1) is 17.9 Å². The van der Waals surface area contributed by atoms with E-state index in [1.165, 1.54) is 24.1 Å². The summed E-state index contributed by atoms with van der Waals surface area (Å²) in [6.07, 6.45) is 5.69. The largest absolute Gasteiger partial charge is 0.353 e. The van der Waals surface area contributed by atoms with Gasteiger partial charge in [-0.25, -0.2) is 4.68 Å². The van der Waals surface area contributed by atoms with Gasteiger partial charge in [-0.3, -0.25) is 9.69 Å². The molecule has 7 nitrogen and oxygen atoms in total. The van der Waals surface area contributed by atoms with Gasteiger partial charge in [0, 0.05) is 51.0 Å². The van der Waals surface area contributed by atoms with Crippen LogP contribution in [0.4, 0.5) is 5.82 Å². The number of fused-ring (bicyclic) bond motifs is 2. The van der Waals surface area contributed by atoms with Crippen molar-refractivity contribution in [1.82, 2.24) is 24.9 Å². The number of nitrogens with zero attached hydrogens (tertiary/aromatic N) is 6. The van der Waals surface area contributed by atoms with E-state index < -0.39 is 0 Å². The molecule has 0 N–H and O–H groups in total. The van der Waals surface area contributed by atoms with Gasteiger partial charge in [-0.1, -0.05) is 0 Å². The van der Waals surface area contributed by atoms with Crippen molar-refractivity contribution in [3.8, 4) is 0 Å². The van der Waals surface area contributed by atoms with E-state index in [1.54, 1.807) is 10.7 Å². The van der Waals surface area contributed by atoms with E-state index in [2.05, 4.69) is 31.2 Å². The maximum absolute atomic E-state index is 12.4. The maximum Gasteiger partial charge on any atom is 0.267 e. The monoisotopic (exact) mass is 412 g/mol. The minimum absolute atomic E-state index is 0.0363. The minimum atomic E-state index is 0.0363. The first-order valence-electron chi connectivity index (χ1n) is 10.8. The summed E-state index contributed by atoms with van der Waals surface area (Å²) in [5.41, 5.74) is 4.86. The average molecular weight is 413 g/mol. The molecule has 2 aliphatic heterocycles. The van der Waals surface area contributed by atoms with Crippen molar-refractivity contribution >= 4 is 17.6 Å². The zero-order valence-corrected chi connectivity index (χ0v) is 17.7. The van der Waals surface area contributed by atoms with Crippen LogP contribution in [-0.4, -0.2) is 63.4 Å². The standard InChI is InChI=1S/C21H28N6OS/c28-21-14-17-15-29-12-5-19(17)24-27(21)11-8-25-6-9-26(10-7-25)20-13-16-3-1-2-4-18(16)22-23-20/h13-14H,1-12,15H2. The molecular formula is C21H28N6OS. The second kappa shape index (κ2) is 8.44. The number of aryl methyl sites for hydroxylation is 3. The summed E-state index contributed by atoms with van der Waals surface area (Å²) < 4.78 is 1.66. The van der Waals surface area contributed by atoms with E-state index in [1.807, 2.05) is 11.8 Å². The Labute approximate surface area is 175 Å². The van der Waals surface area contributed by atoms with Crippen molar-refractivity contribution in [1.29, 1.82) is 0 Å². The van der Waals surface area contributed by atoms with Crippen LogP contribution in [0.3, 0.4) is 0 Å². The van der Waals surface area contributed by atoms with Crippen LogP contribution in [-0.2, 0) is 31.6 Å². The molecular weight excluding hydrogens is 384 g/mol. The van der Waals surface area contributed by atoms with Crippen LogP contribution in [0.5, 0.6) is 0 Å². The Kier molecular flexibility index (Phi) is 5.54. The van der Waals surface area contributed by atoms with Crippen molar-refractivity contribution in [3.05, 3.63) is 45.0 Å². The van der Waals surface area contributed by atoms with Crippen LogP contribution in [0.15, 0.2) is 16.9 Å². The summed E-state index contributed by atoms with van der Waals surface area (Å²) in [4.78, 5) is 17.1. The van der Waals surface area contributed by atoms with Gasteiger partial charge in [-0.05, 0) is 48.6 Å². The topological polar surface area (TPSA) is 67.2 Å². The molecule has 0 unspecified atom stereocenters. The highest BCUT2D eigenvalue weighted by molar-refractivity contribution is 7.98. The van der Waals surface area contributed by atoms with E-state index in [4.69, 9.17) is 0 Å². The molecule has 0 bridgehead atoms. The lowest BCUT2D eigenvalue weighted by Crippen LogP contribution is -2.48. The lowest BCUT2D eigenvalue weighted by molar-refractivity contribution is 0.241. The van der Waals surface area contributed by atoms with Crippen molar-refractivity contribution < 1.29 is 0 Å². The van der Waals surface area contributed by atoms with E-state index in [-0.39, 0.29) is 5.56 Å². The van der Waals surface area contributed by atoms with Crippen molar-refractivity contribution in [2.75, 3.05) is 43.4 Å². The van der Waals surface area contributed by atoms with Crippen LogP contribution < -0.4 is 10.5 Å². The van der Waals surface area contributed by atoms with E-state index >= 15 is 0 Å². The molecule has 1 fully saturated rings. The number of piperazine rings is 1. The lowest BCUT2D eigenvalue weighted by Gasteiger charge is -2.35. The van der Waals surface area contributed by atoms with E-state index in [0.29, 0.717) is 6.54 Å². The highest BCUT2D eigenvalue weighted by Gasteiger charge is 2.21. The zero-order chi connectivity index (χ0) is 19.6. The summed E-state index contributed by atoms with van der Waals surface area (Å²) in [7, 11) is 0. The van der Waals surface area contributed by atoms with Crippen LogP contribution in [0.25, 0.3) is 0 Å². The van der Waals surface area contributed by atoms with Crippen LogP contribution in [0.2, 0.25) is 0 Å². The third-order valence-electron chi connectivity index (χ3n) is 6.29. The van der Waals surface area contributed by atoms with Crippen LogP contribution >= 0.6 is 11.8 Å². The molecule has 0 spiro atoms. The summed E-state index contributed by atoms with van der Waals surface area (Å²) in [6.45, 7) is 5.40. The normalized spacial score (nSPS) is 19.7. The summed E-state index contributed by atoms with van der Waals surface area (Å²) in [5, 5.41) is 13.6. The summed E-state index contributed by atoms with van der Waals surface area (Å²) in [5.74, 6) is 3.05. The van der Waals surface area contributed by atoms with Crippen molar-refractivity contribution in [2.45, 2.75) is 44.4 Å². The van der Waals surface area contributed by atoms with E-state index in [0.717, 1.165) is 80.6 Å². The smallest absolute Gasteiger partial charge is 0.267 e. The molecule has 1 saturated heterocycles. The highest BCUT2D eigenvalue weighted by Crippen LogP contribution is 2.23. The van der Waals surface area contributed by atoms with Gasteiger partial charge in [0.25, 0.3) is 5.56 Å². The Balaban J connectivity index is 1.17. The van der Waals surface area contributed by atoms with Crippen LogP contribution in [0, 0.1) is 0 Å². The fraction of sp³-hybridized carbons (Fsp3) is 0.619. The number of thioether (sulfide) groups is 1. The molecule has 154 valence electrons. The number of hydrogen-bond acceptors (Lipinski definition) is 7. The van der Waals surface area contributed by atoms with Gasteiger partial charge >= 0.3 is 0 Å². The van der Waals surface area contributed by atoms with Gasteiger partial charge in [0.2, 0.25) is 0 Å². The first-order chi connectivity index (χ1) is 14.3. The van der Waals surface area contributed by atoms with Gasteiger partial charge < -0.3 is 4.90 Å². The van der Waals surface area contributed by atoms with Crippen molar-refractivity contribution in [3.63, 3.8) is 0 Å². The Hall–Kier alpha value is -1.93. The third kappa shape index (κ3) is 4.19. The second-order valence-electron chi connectivity index (χ2n) is 8.19. The quantitative estimate of drug-likeness (QED) is 0.754. The first kappa shape index (κ1) is 19.1. The summed E-state index contributed by atoms with van der Waals surface area (Å²) >= 11 is 1.88. The first-order valence-corrected chi connectivity index (χ1v) is 11.9. The highest BCUT2D eigenvalue weighted by atomic mass is 32.2. The molecule has 1 aliphatic carbocycles. The molecule has 2 aromatic rings. The second-order valence-corrected chi connectivity index (χ2v) is 9.30. The fourth-order valence-corrected chi connectivity index (χ4v) is 5.43. The number of aromatic nitrogens is 4. The number of rotatable bonds is 4. The Bertz CT molecular complexity index is 937. The molecule has 0 amide bonds. The SMILES string of the molecule is O=c1cc2c(nn1CCN1CCN(c3cc4c(nn3)CCCC4)CC1)CCSC2. The molecule has 0 aromatic carbocycles.